The summed E-state index contributed by atoms with van der Waals surface area (Å²) < 4.78 is 0. The number of carbonyl (C=O) groups excluding carboxylic acids is 2. The van der Waals surface area contributed by atoms with Crippen LogP contribution < -0.4 is 5.32 Å². The monoisotopic (exact) mass is 317 g/mol. The molecule has 0 bridgehead atoms. The molecule has 0 aromatic heterocycles. The number of fused-ring (bicyclic) bond motifs is 1. The van der Waals surface area contributed by atoms with E-state index in [-0.39, 0.29) is 24.5 Å². The second kappa shape index (κ2) is 6.57. The molecule has 3 atom stereocenters. The van der Waals surface area contributed by atoms with Gasteiger partial charge in [0.1, 0.15) is 12.6 Å². The van der Waals surface area contributed by atoms with Crippen LogP contribution in [0.15, 0.2) is 4.99 Å². The van der Waals surface area contributed by atoms with Crippen LogP contribution in [0.2, 0.25) is 0 Å². The molecule has 3 fully saturated rings. The fourth-order valence-electron chi connectivity index (χ4n) is 4.01. The van der Waals surface area contributed by atoms with E-state index in [9.17, 15) is 9.59 Å². The summed E-state index contributed by atoms with van der Waals surface area (Å²) in [7, 11) is 1.65. The number of hydrogen-bond acceptors (Lipinski definition) is 4. The number of likely N-dealkylation sites (tertiary alicyclic amines) is 2. The van der Waals surface area contributed by atoms with E-state index in [4.69, 9.17) is 5.26 Å². The third-order valence-corrected chi connectivity index (χ3v) is 5.23. The van der Waals surface area contributed by atoms with Crippen LogP contribution in [0.3, 0.4) is 0 Å². The summed E-state index contributed by atoms with van der Waals surface area (Å²) in [5.41, 5.74) is 1.10. The van der Waals surface area contributed by atoms with E-state index in [2.05, 4.69) is 16.4 Å². The average molecular weight is 317 g/mol. The predicted octanol–water partition coefficient (Wildman–Crippen LogP) is 0.623. The molecule has 7 nitrogen and oxygen atoms in total. The number of carbonyl (C=O) groups is 2. The highest BCUT2D eigenvalue weighted by atomic mass is 16.2. The zero-order valence-electron chi connectivity index (χ0n) is 13.5. The van der Waals surface area contributed by atoms with Crippen LogP contribution in [-0.2, 0) is 4.79 Å². The van der Waals surface area contributed by atoms with E-state index in [1.165, 1.54) is 0 Å². The summed E-state index contributed by atoms with van der Waals surface area (Å²) in [4.78, 5) is 31.9. The Hall–Kier alpha value is -2.10. The molecule has 124 valence electrons. The van der Waals surface area contributed by atoms with E-state index in [1.807, 2.05) is 4.90 Å². The number of rotatable bonds is 2. The normalized spacial score (nSPS) is 31.3. The number of nitrogens with zero attached hydrogens (tertiary/aromatic N) is 4. The van der Waals surface area contributed by atoms with Gasteiger partial charge in [0, 0.05) is 32.4 Å². The molecule has 1 aliphatic carbocycles. The van der Waals surface area contributed by atoms with E-state index >= 15 is 0 Å². The fourth-order valence-corrected chi connectivity index (χ4v) is 4.01. The Morgan fingerprint density at radius 2 is 2.04 bits per heavy atom. The van der Waals surface area contributed by atoms with E-state index < -0.39 is 0 Å². The van der Waals surface area contributed by atoms with Gasteiger partial charge in [-0.25, -0.2) is 4.79 Å². The highest BCUT2D eigenvalue weighted by Crippen LogP contribution is 2.36. The van der Waals surface area contributed by atoms with Gasteiger partial charge in [0.25, 0.3) is 0 Å². The van der Waals surface area contributed by atoms with E-state index in [1.54, 1.807) is 11.9 Å². The van der Waals surface area contributed by atoms with Gasteiger partial charge < -0.3 is 15.1 Å². The minimum atomic E-state index is -0.272. The van der Waals surface area contributed by atoms with Crippen molar-refractivity contribution in [2.24, 2.45) is 16.8 Å². The number of hydrogen-bond donors (Lipinski definition) is 1. The molecule has 0 aromatic rings. The van der Waals surface area contributed by atoms with Gasteiger partial charge in [-0.3, -0.25) is 9.79 Å². The maximum atomic E-state index is 12.2. The van der Waals surface area contributed by atoms with Crippen LogP contribution in [0.4, 0.5) is 4.79 Å². The van der Waals surface area contributed by atoms with Crippen molar-refractivity contribution in [3.63, 3.8) is 0 Å². The molecule has 2 aliphatic heterocycles. The third-order valence-electron chi connectivity index (χ3n) is 5.23. The van der Waals surface area contributed by atoms with Crippen molar-refractivity contribution in [1.29, 1.82) is 5.26 Å². The molecular weight excluding hydrogens is 294 g/mol. The lowest BCUT2D eigenvalue weighted by atomic mass is 10.0. The molecular formula is C16H23N5O2. The lowest BCUT2D eigenvalue weighted by Crippen LogP contribution is -2.37. The molecule has 2 saturated heterocycles. The molecule has 1 N–H and O–H groups in total. The van der Waals surface area contributed by atoms with Crippen LogP contribution >= 0.6 is 0 Å². The van der Waals surface area contributed by atoms with Crippen LogP contribution in [0.1, 0.15) is 25.7 Å². The maximum Gasteiger partial charge on any atom is 0.317 e. The Morgan fingerprint density at radius 1 is 1.35 bits per heavy atom. The number of nitriles is 1. The highest BCUT2D eigenvalue weighted by molar-refractivity contribution is 5.90. The molecule has 2 heterocycles. The smallest absolute Gasteiger partial charge is 0.317 e. The summed E-state index contributed by atoms with van der Waals surface area (Å²) in [6.07, 6.45) is 3.44. The molecule has 3 aliphatic rings. The minimum absolute atomic E-state index is 0.00959. The van der Waals surface area contributed by atoms with E-state index in [0.717, 1.165) is 44.5 Å². The minimum Gasteiger partial charge on any atom is -0.341 e. The van der Waals surface area contributed by atoms with Crippen LogP contribution in [-0.4, -0.2) is 66.7 Å². The van der Waals surface area contributed by atoms with Crippen LogP contribution in [0.5, 0.6) is 0 Å². The molecule has 0 radical (unpaired) electrons. The molecule has 3 amide bonds. The Labute approximate surface area is 136 Å². The van der Waals surface area contributed by atoms with Gasteiger partial charge in [-0.2, -0.15) is 5.26 Å². The van der Waals surface area contributed by atoms with Crippen molar-refractivity contribution >= 4 is 17.6 Å². The Bertz CT molecular complexity index is 551. The summed E-state index contributed by atoms with van der Waals surface area (Å²) in [5, 5.41) is 11.7. The first-order chi connectivity index (χ1) is 11.1. The summed E-state index contributed by atoms with van der Waals surface area (Å²) >= 11 is 0. The zero-order valence-corrected chi connectivity index (χ0v) is 13.5. The number of urea groups is 1. The van der Waals surface area contributed by atoms with Gasteiger partial charge in [0.05, 0.1) is 6.07 Å². The van der Waals surface area contributed by atoms with Crippen molar-refractivity contribution in [2.45, 2.75) is 31.7 Å². The van der Waals surface area contributed by atoms with E-state index in [0.29, 0.717) is 18.4 Å². The van der Waals surface area contributed by atoms with Gasteiger partial charge in [-0.1, -0.05) is 0 Å². The predicted molar refractivity (Wildman–Crippen MR) is 84.9 cm³/mol. The molecule has 3 rings (SSSR count). The van der Waals surface area contributed by atoms with Crippen LogP contribution in [0.25, 0.3) is 0 Å². The first-order valence-corrected chi connectivity index (χ1v) is 8.30. The van der Waals surface area contributed by atoms with Crippen molar-refractivity contribution in [3.05, 3.63) is 0 Å². The topological polar surface area (TPSA) is 88.8 Å². The molecule has 0 unspecified atom stereocenters. The largest absolute Gasteiger partial charge is 0.341 e. The van der Waals surface area contributed by atoms with Crippen molar-refractivity contribution in [2.75, 3.05) is 33.2 Å². The number of nitrogens with one attached hydrogen (secondary N) is 1. The highest BCUT2D eigenvalue weighted by Gasteiger charge is 2.40. The molecule has 0 spiro atoms. The maximum absolute atomic E-state index is 12.2. The van der Waals surface area contributed by atoms with Crippen molar-refractivity contribution < 1.29 is 9.59 Å². The Balaban J connectivity index is 1.51. The standard InChI is InChI=1S/C16H23N5O2/c1-18-16(23)20-9-11-5-13(6-12(11)10-20)19-8-15(22)21-4-2-3-14(21)7-17/h11-12,14H,2-6,8-10H2,1H3,(H,18,23)/t11-,12+,14-/m0/s1. The lowest BCUT2D eigenvalue weighted by Gasteiger charge is -2.18. The van der Waals surface area contributed by atoms with Gasteiger partial charge in [0.15, 0.2) is 0 Å². The average Bonchev–Trinajstić information content (AvgIpc) is 3.24. The second-order valence-corrected chi connectivity index (χ2v) is 6.65. The molecule has 23 heavy (non-hydrogen) atoms. The fraction of sp³-hybridized carbons (Fsp3) is 0.750. The first kappa shape index (κ1) is 15.8. The first-order valence-electron chi connectivity index (χ1n) is 8.30. The number of aliphatic imine (C=N–C) groups is 1. The van der Waals surface area contributed by atoms with Crippen LogP contribution in [0, 0.1) is 23.2 Å². The van der Waals surface area contributed by atoms with Gasteiger partial charge in [-0.05, 0) is 37.5 Å². The lowest BCUT2D eigenvalue weighted by molar-refractivity contribution is -0.129. The molecule has 7 heteroatoms. The van der Waals surface area contributed by atoms with Gasteiger partial charge in [0.2, 0.25) is 5.91 Å². The second-order valence-electron chi connectivity index (χ2n) is 6.65. The Morgan fingerprint density at radius 3 is 2.65 bits per heavy atom. The Kier molecular flexibility index (Phi) is 4.51. The third kappa shape index (κ3) is 3.16. The van der Waals surface area contributed by atoms with Gasteiger partial charge in [-0.15, -0.1) is 0 Å². The summed E-state index contributed by atoms with van der Waals surface area (Å²) in [5.74, 6) is 0.908. The zero-order chi connectivity index (χ0) is 16.4. The molecule has 0 aromatic carbocycles. The quantitative estimate of drug-likeness (QED) is 0.810. The summed E-state index contributed by atoms with van der Waals surface area (Å²) in [6.45, 7) is 2.39. The van der Waals surface area contributed by atoms with Crippen molar-refractivity contribution in [1.82, 2.24) is 15.1 Å². The van der Waals surface area contributed by atoms with Crippen molar-refractivity contribution in [3.8, 4) is 6.07 Å². The number of amides is 3. The SMILES string of the molecule is CNC(=O)N1C[C@H]2CC(=NCC(=O)N3CCC[C@H]3C#N)C[C@H]2C1. The molecule has 1 saturated carbocycles. The van der Waals surface area contributed by atoms with Gasteiger partial charge >= 0.3 is 6.03 Å². The summed E-state index contributed by atoms with van der Waals surface area (Å²) in [6, 6.07) is 1.91.